The molecule has 0 spiro atoms. The highest BCUT2D eigenvalue weighted by Gasteiger charge is 2.26. The van der Waals surface area contributed by atoms with E-state index < -0.39 is 12.0 Å². The summed E-state index contributed by atoms with van der Waals surface area (Å²) in [5.41, 5.74) is 1.18. The highest BCUT2D eigenvalue weighted by atomic mass is 16.5. The number of urea groups is 1. The van der Waals surface area contributed by atoms with Gasteiger partial charge in [-0.05, 0) is 17.7 Å². The van der Waals surface area contributed by atoms with E-state index in [0.29, 0.717) is 5.56 Å². The predicted molar refractivity (Wildman–Crippen MR) is 61.7 cm³/mol. The van der Waals surface area contributed by atoms with E-state index >= 15 is 0 Å². The molecule has 18 heavy (non-hydrogen) atoms. The molecule has 0 radical (unpaired) electrons. The summed E-state index contributed by atoms with van der Waals surface area (Å²) in [5, 5.41) is 2.19. The molecule has 1 aliphatic rings. The number of rotatable bonds is 3. The number of carbonyl (C=O) groups excluding carboxylic acids is 3. The van der Waals surface area contributed by atoms with Crippen LogP contribution in [-0.4, -0.2) is 36.5 Å². The molecule has 1 N–H and O–H groups in total. The summed E-state index contributed by atoms with van der Waals surface area (Å²) in [6.07, 6.45) is 0. The monoisotopic (exact) mass is 248 g/mol. The molecule has 0 aromatic heterocycles. The molecule has 3 amide bonds. The Hall–Kier alpha value is -2.37. The summed E-state index contributed by atoms with van der Waals surface area (Å²) >= 11 is 0. The number of nitrogens with zero attached hydrogens (tertiary/aromatic N) is 1. The molecular formula is C12H12N2O4. The van der Waals surface area contributed by atoms with Crippen LogP contribution in [0.3, 0.4) is 0 Å². The number of imide groups is 1. The predicted octanol–water partition coefficient (Wildman–Crippen LogP) is 0.525. The lowest BCUT2D eigenvalue weighted by atomic mass is 10.1. The molecule has 0 atom stereocenters. The van der Waals surface area contributed by atoms with Crippen LogP contribution in [0.15, 0.2) is 24.3 Å². The van der Waals surface area contributed by atoms with Crippen molar-refractivity contribution in [3.63, 3.8) is 0 Å². The van der Waals surface area contributed by atoms with Gasteiger partial charge in [0.1, 0.15) is 6.54 Å². The fourth-order valence-corrected chi connectivity index (χ4v) is 1.75. The standard InChI is InChI=1S/C12H12N2O4/c1-18-11(16)9-4-2-3-8(5-9)6-14-7-10(15)13-12(14)17/h2-5H,6-7H2,1H3,(H,13,15,17). The summed E-state index contributed by atoms with van der Waals surface area (Å²) < 4.78 is 4.61. The third kappa shape index (κ3) is 2.48. The molecule has 0 unspecified atom stereocenters. The SMILES string of the molecule is COC(=O)c1cccc(CN2CC(=O)NC2=O)c1. The first-order valence-electron chi connectivity index (χ1n) is 5.36. The van der Waals surface area contributed by atoms with Crippen LogP contribution < -0.4 is 5.32 Å². The maximum absolute atomic E-state index is 11.4. The molecule has 0 aliphatic carbocycles. The number of hydrogen-bond donors (Lipinski definition) is 1. The average molecular weight is 248 g/mol. The molecule has 1 heterocycles. The van der Waals surface area contributed by atoms with Gasteiger partial charge in [-0.2, -0.15) is 0 Å². The number of benzene rings is 1. The van der Waals surface area contributed by atoms with Gasteiger partial charge in [-0.25, -0.2) is 9.59 Å². The van der Waals surface area contributed by atoms with Crippen LogP contribution in [-0.2, 0) is 16.1 Å². The van der Waals surface area contributed by atoms with Crippen molar-refractivity contribution >= 4 is 17.9 Å². The lowest BCUT2D eigenvalue weighted by Gasteiger charge is -2.13. The molecule has 2 rings (SSSR count). The van der Waals surface area contributed by atoms with Crippen molar-refractivity contribution in [2.24, 2.45) is 0 Å². The number of ether oxygens (including phenoxy) is 1. The molecule has 1 saturated heterocycles. The number of methoxy groups -OCH3 is 1. The van der Waals surface area contributed by atoms with Crippen LogP contribution in [0.5, 0.6) is 0 Å². The molecule has 1 aromatic rings. The normalized spacial score (nSPS) is 14.6. The Kier molecular flexibility index (Phi) is 3.27. The van der Waals surface area contributed by atoms with Crippen LogP contribution in [0, 0.1) is 0 Å². The molecule has 6 nitrogen and oxygen atoms in total. The molecule has 1 fully saturated rings. The summed E-state index contributed by atoms with van der Waals surface area (Å²) in [5.74, 6) is -0.747. The Morgan fingerprint density at radius 3 is 2.83 bits per heavy atom. The average Bonchev–Trinajstić information content (AvgIpc) is 2.67. The lowest BCUT2D eigenvalue weighted by molar-refractivity contribution is -0.118. The first-order chi connectivity index (χ1) is 8.60. The molecule has 1 aliphatic heterocycles. The van der Waals surface area contributed by atoms with E-state index in [9.17, 15) is 14.4 Å². The van der Waals surface area contributed by atoms with Crippen molar-refractivity contribution < 1.29 is 19.1 Å². The van der Waals surface area contributed by atoms with Gasteiger partial charge in [0.25, 0.3) is 0 Å². The van der Waals surface area contributed by atoms with Gasteiger partial charge < -0.3 is 9.64 Å². The van der Waals surface area contributed by atoms with E-state index in [1.54, 1.807) is 24.3 Å². The third-order valence-electron chi connectivity index (χ3n) is 2.59. The molecule has 6 heteroatoms. The molecule has 0 saturated carbocycles. The van der Waals surface area contributed by atoms with Crippen molar-refractivity contribution in [1.29, 1.82) is 0 Å². The Bertz CT molecular complexity index is 513. The van der Waals surface area contributed by atoms with Crippen molar-refractivity contribution in [1.82, 2.24) is 10.2 Å². The minimum Gasteiger partial charge on any atom is -0.465 e. The van der Waals surface area contributed by atoms with Gasteiger partial charge in [-0.15, -0.1) is 0 Å². The van der Waals surface area contributed by atoms with Gasteiger partial charge in [-0.1, -0.05) is 12.1 Å². The number of amides is 3. The fraction of sp³-hybridized carbons (Fsp3) is 0.250. The van der Waals surface area contributed by atoms with Gasteiger partial charge in [0.15, 0.2) is 0 Å². The zero-order valence-electron chi connectivity index (χ0n) is 9.80. The van der Waals surface area contributed by atoms with Crippen LogP contribution in [0.25, 0.3) is 0 Å². The smallest absolute Gasteiger partial charge is 0.337 e. The van der Waals surface area contributed by atoms with E-state index in [-0.39, 0.29) is 19.0 Å². The van der Waals surface area contributed by atoms with Crippen LogP contribution in [0.4, 0.5) is 4.79 Å². The zero-order valence-corrected chi connectivity index (χ0v) is 9.80. The van der Waals surface area contributed by atoms with E-state index in [4.69, 9.17) is 0 Å². The van der Waals surface area contributed by atoms with Crippen molar-refractivity contribution in [3.8, 4) is 0 Å². The zero-order chi connectivity index (χ0) is 13.1. The van der Waals surface area contributed by atoms with Gasteiger partial charge in [-0.3, -0.25) is 10.1 Å². The first-order valence-corrected chi connectivity index (χ1v) is 5.36. The fourth-order valence-electron chi connectivity index (χ4n) is 1.75. The van der Waals surface area contributed by atoms with Gasteiger partial charge in [0, 0.05) is 6.54 Å². The second-order valence-electron chi connectivity index (χ2n) is 3.90. The molecule has 94 valence electrons. The van der Waals surface area contributed by atoms with Crippen molar-refractivity contribution in [2.45, 2.75) is 6.54 Å². The number of carbonyl (C=O) groups is 3. The summed E-state index contributed by atoms with van der Waals surface area (Å²) in [6.45, 7) is 0.323. The molecule has 1 aromatic carbocycles. The van der Waals surface area contributed by atoms with E-state index in [1.807, 2.05) is 0 Å². The summed E-state index contributed by atoms with van der Waals surface area (Å²) in [4.78, 5) is 35.1. The largest absolute Gasteiger partial charge is 0.465 e. The van der Waals surface area contributed by atoms with Gasteiger partial charge in [0.2, 0.25) is 5.91 Å². The number of hydrogen-bond acceptors (Lipinski definition) is 4. The van der Waals surface area contributed by atoms with Gasteiger partial charge in [0.05, 0.1) is 12.7 Å². The van der Waals surface area contributed by atoms with Gasteiger partial charge >= 0.3 is 12.0 Å². The second-order valence-corrected chi connectivity index (χ2v) is 3.90. The van der Waals surface area contributed by atoms with Crippen molar-refractivity contribution in [2.75, 3.05) is 13.7 Å². The van der Waals surface area contributed by atoms with Crippen LogP contribution in [0.1, 0.15) is 15.9 Å². The number of nitrogens with one attached hydrogen (secondary N) is 1. The highest BCUT2D eigenvalue weighted by molar-refractivity contribution is 6.01. The maximum Gasteiger partial charge on any atom is 0.337 e. The van der Waals surface area contributed by atoms with E-state index in [2.05, 4.69) is 10.1 Å². The first kappa shape index (κ1) is 12.1. The Morgan fingerprint density at radius 1 is 1.44 bits per heavy atom. The Labute approximate surface area is 104 Å². The van der Waals surface area contributed by atoms with E-state index in [1.165, 1.54) is 12.0 Å². The maximum atomic E-state index is 11.4. The molecule has 0 bridgehead atoms. The van der Waals surface area contributed by atoms with Crippen LogP contribution >= 0.6 is 0 Å². The quantitative estimate of drug-likeness (QED) is 0.625. The lowest BCUT2D eigenvalue weighted by Crippen LogP contribution is -2.27. The Balaban J connectivity index is 2.12. The number of esters is 1. The summed E-state index contributed by atoms with van der Waals surface area (Å²) in [7, 11) is 1.31. The summed E-state index contributed by atoms with van der Waals surface area (Å²) in [6, 6.07) is 6.34. The topological polar surface area (TPSA) is 75.7 Å². The minimum absolute atomic E-state index is 0.0429. The third-order valence-corrected chi connectivity index (χ3v) is 2.59. The second kappa shape index (κ2) is 4.87. The highest BCUT2D eigenvalue weighted by Crippen LogP contribution is 2.11. The molecular weight excluding hydrogens is 236 g/mol. The van der Waals surface area contributed by atoms with Crippen LogP contribution in [0.2, 0.25) is 0 Å². The van der Waals surface area contributed by atoms with E-state index in [0.717, 1.165) is 5.56 Å². The Morgan fingerprint density at radius 2 is 2.22 bits per heavy atom. The minimum atomic E-state index is -0.432. The van der Waals surface area contributed by atoms with Crippen molar-refractivity contribution in [3.05, 3.63) is 35.4 Å².